The zero-order valence-electron chi connectivity index (χ0n) is 10.9. The molecule has 0 N–H and O–H groups in total. The van der Waals surface area contributed by atoms with Crippen molar-refractivity contribution in [3.05, 3.63) is 24.3 Å². The Kier molecular flexibility index (Phi) is 8.19. The number of carbonyl (C=O) groups excluding carboxylic acids is 1. The smallest absolute Gasteiger partial charge is 0.153 e. The van der Waals surface area contributed by atoms with Crippen LogP contribution in [0.5, 0.6) is 5.75 Å². The second-order valence-electron chi connectivity index (χ2n) is 3.79. The maximum atomic E-state index is 11.1. The Labute approximate surface area is 140 Å². The fraction of sp³-hybridized carbons (Fsp3) is 0.462. The Morgan fingerprint density at radius 3 is 2.53 bits per heavy atom. The van der Waals surface area contributed by atoms with Gasteiger partial charge in [0.1, 0.15) is 12.4 Å². The number of benzene rings is 1. The van der Waals surface area contributed by atoms with E-state index in [1.54, 1.807) is 7.11 Å². The van der Waals surface area contributed by atoms with Crippen molar-refractivity contribution in [2.24, 2.45) is 0 Å². The van der Waals surface area contributed by atoms with E-state index in [0.29, 0.717) is 37.7 Å². The normalized spacial score (nSPS) is 10.5. The average Bonchev–Trinajstić information content (AvgIpc) is 2.41. The molecule has 0 fully saturated rings. The van der Waals surface area contributed by atoms with E-state index in [9.17, 15) is 4.79 Å². The topological polar surface area (TPSA) is 44.8 Å². The summed E-state index contributed by atoms with van der Waals surface area (Å²) in [6.07, 6.45) is 0.826. The maximum Gasteiger partial charge on any atom is 0.153 e. The average molecular weight is 490 g/mol. The van der Waals surface area contributed by atoms with Crippen LogP contribution in [0.15, 0.2) is 6.07 Å². The first-order valence-corrected chi connectivity index (χ1v) is 7.90. The number of hydrogen-bond donors (Lipinski definition) is 0. The highest BCUT2D eigenvalue weighted by Gasteiger charge is 2.13. The predicted octanol–water partition coefficient (Wildman–Crippen LogP) is 3.06. The van der Waals surface area contributed by atoms with Crippen molar-refractivity contribution in [1.29, 1.82) is 0 Å². The summed E-state index contributed by atoms with van der Waals surface area (Å²) in [7, 11) is 1.63. The quantitative estimate of drug-likeness (QED) is 0.320. The highest BCUT2D eigenvalue weighted by molar-refractivity contribution is 14.1. The lowest BCUT2D eigenvalue weighted by Crippen LogP contribution is -2.12. The monoisotopic (exact) mass is 490 g/mol. The molecule has 0 radical (unpaired) electrons. The van der Waals surface area contributed by atoms with Crippen molar-refractivity contribution in [3.8, 4) is 5.75 Å². The van der Waals surface area contributed by atoms with Crippen LogP contribution in [0.2, 0.25) is 0 Å². The van der Waals surface area contributed by atoms with Gasteiger partial charge in [0, 0.05) is 19.8 Å². The molecule has 1 aromatic rings. The zero-order valence-corrected chi connectivity index (χ0v) is 15.2. The van der Waals surface area contributed by atoms with Crippen LogP contribution >= 0.6 is 45.2 Å². The van der Waals surface area contributed by atoms with E-state index in [1.807, 2.05) is 13.0 Å². The molecule has 0 bridgehead atoms. The van der Waals surface area contributed by atoms with Crippen LogP contribution in [0.3, 0.4) is 0 Å². The van der Waals surface area contributed by atoms with Crippen molar-refractivity contribution in [2.45, 2.75) is 6.92 Å². The van der Waals surface area contributed by atoms with Crippen LogP contribution in [0, 0.1) is 14.1 Å². The molecule has 0 spiro atoms. The number of ether oxygens (including phenoxy) is 3. The van der Waals surface area contributed by atoms with Gasteiger partial charge >= 0.3 is 0 Å². The maximum absolute atomic E-state index is 11.1. The van der Waals surface area contributed by atoms with Crippen LogP contribution in [0.4, 0.5) is 0 Å². The van der Waals surface area contributed by atoms with Crippen molar-refractivity contribution in [3.63, 3.8) is 0 Å². The van der Waals surface area contributed by atoms with Gasteiger partial charge in [0.2, 0.25) is 0 Å². The molecule has 4 nitrogen and oxygen atoms in total. The van der Waals surface area contributed by atoms with Gasteiger partial charge < -0.3 is 14.2 Å². The van der Waals surface area contributed by atoms with Crippen molar-refractivity contribution >= 4 is 51.5 Å². The van der Waals surface area contributed by atoms with Gasteiger partial charge in [-0.3, -0.25) is 4.79 Å². The van der Waals surface area contributed by atoms with Gasteiger partial charge in [-0.25, -0.2) is 0 Å². The lowest BCUT2D eigenvalue weighted by molar-refractivity contribution is 0.0541. The standard InChI is InChI=1S/C13H16I2O4/c1-9-12(15)11(14)7-10(8-16)13(9)19-6-5-18-4-3-17-2/h7-8H,3-6H2,1-2H3. The molecule has 1 aromatic carbocycles. The molecule has 0 amide bonds. The van der Waals surface area contributed by atoms with Gasteiger partial charge in [0.05, 0.1) is 25.4 Å². The molecule has 0 aliphatic rings. The summed E-state index contributed by atoms with van der Waals surface area (Å²) in [6.45, 7) is 3.97. The number of hydrogen-bond acceptors (Lipinski definition) is 4. The molecule has 19 heavy (non-hydrogen) atoms. The molecular weight excluding hydrogens is 474 g/mol. The van der Waals surface area contributed by atoms with Crippen molar-refractivity contribution < 1.29 is 19.0 Å². The van der Waals surface area contributed by atoms with E-state index in [-0.39, 0.29) is 0 Å². The van der Waals surface area contributed by atoms with E-state index >= 15 is 0 Å². The fourth-order valence-corrected chi connectivity index (χ4v) is 2.63. The molecule has 0 aliphatic carbocycles. The van der Waals surface area contributed by atoms with Gasteiger partial charge in [0.15, 0.2) is 6.29 Å². The number of rotatable bonds is 8. The van der Waals surface area contributed by atoms with Crippen molar-refractivity contribution in [2.75, 3.05) is 33.5 Å². The highest BCUT2D eigenvalue weighted by atomic mass is 127. The zero-order chi connectivity index (χ0) is 14.3. The third-order valence-electron chi connectivity index (χ3n) is 2.46. The van der Waals surface area contributed by atoms with E-state index in [0.717, 1.165) is 19.0 Å². The summed E-state index contributed by atoms with van der Waals surface area (Å²) in [4.78, 5) is 11.1. The Bertz CT molecular complexity index is 435. The SMILES string of the molecule is COCCOCCOc1c(C=O)cc(I)c(I)c1C. The summed E-state index contributed by atoms with van der Waals surface area (Å²) in [5, 5.41) is 0. The Morgan fingerprint density at radius 1 is 1.21 bits per heavy atom. The summed E-state index contributed by atoms with van der Waals surface area (Å²) in [5.41, 5.74) is 1.57. The van der Waals surface area contributed by atoms with Gasteiger partial charge in [0.25, 0.3) is 0 Å². The number of aldehydes is 1. The Hall–Kier alpha value is 0.0700. The van der Waals surface area contributed by atoms with Crippen LogP contribution in [0.1, 0.15) is 15.9 Å². The third kappa shape index (κ3) is 5.16. The van der Waals surface area contributed by atoms with Crippen LogP contribution in [-0.2, 0) is 9.47 Å². The van der Waals surface area contributed by atoms with Gasteiger partial charge in [-0.05, 0) is 58.2 Å². The number of carbonyl (C=O) groups is 1. The molecule has 0 saturated heterocycles. The molecule has 0 saturated carbocycles. The van der Waals surface area contributed by atoms with E-state index in [2.05, 4.69) is 45.2 Å². The van der Waals surface area contributed by atoms with Gasteiger partial charge in [-0.15, -0.1) is 0 Å². The minimum absolute atomic E-state index is 0.419. The van der Waals surface area contributed by atoms with E-state index in [4.69, 9.17) is 14.2 Å². The molecule has 106 valence electrons. The third-order valence-corrected chi connectivity index (χ3v) is 5.73. The molecule has 6 heteroatoms. The van der Waals surface area contributed by atoms with Crippen LogP contribution < -0.4 is 4.74 Å². The number of halogens is 2. The van der Waals surface area contributed by atoms with Crippen LogP contribution in [-0.4, -0.2) is 39.8 Å². The first kappa shape index (κ1) is 17.1. The highest BCUT2D eigenvalue weighted by Crippen LogP contribution is 2.30. The first-order chi connectivity index (χ1) is 9.11. The summed E-state index contributed by atoms with van der Waals surface area (Å²) in [5.74, 6) is 0.648. The van der Waals surface area contributed by atoms with Crippen molar-refractivity contribution in [1.82, 2.24) is 0 Å². The minimum Gasteiger partial charge on any atom is -0.490 e. The van der Waals surface area contributed by atoms with Gasteiger partial charge in [-0.1, -0.05) is 0 Å². The van der Waals surface area contributed by atoms with Gasteiger partial charge in [-0.2, -0.15) is 0 Å². The Morgan fingerprint density at radius 2 is 1.89 bits per heavy atom. The second-order valence-corrected chi connectivity index (χ2v) is 6.03. The van der Waals surface area contributed by atoms with E-state index in [1.165, 1.54) is 0 Å². The fourth-order valence-electron chi connectivity index (χ4n) is 1.49. The first-order valence-electron chi connectivity index (χ1n) is 5.75. The molecule has 0 atom stereocenters. The molecular formula is C13H16I2O4. The largest absolute Gasteiger partial charge is 0.490 e. The summed E-state index contributed by atoms with van der Waals surface area (Å²) >= 11 is 4.47. The number of methoxy groups -OCH3 is 1. The molecule has 1 rings (SSSR count). The second kappa shape index (κ2) is 9.09. The summed E-state index contributed by atoms with van der Waals surface area (Å²) < 4.78 is 18.0. The van der Waals surface area contributed by atoms with E-state index < -0.39 is 0 Å². The lowest BCUT2D eigenvalue weighted by atomic mass is 10.1. The summed E-state index contributed by atoms with van der Waals surface area (Å²) in [6, 6.07) is 1.84. The Balaban J connectivity index is 2.62. The molecule has 0 heterocycles. The minimum atomic E-state index is 0.419. The van der Waals surface area contributed by atoms with Crippen LogP contribution in [0.25, 0.3) is 0 Å². The molecule has 0 aromatic heterocycles. The predicted molar refractivity (Wildman–Crippen MR) is 90.2 cm³/mol. The molecule has 0 aliphatic heterocycles. The lowest BCUT2D eigenvalue weighted by Gasteiger charge is -2.14. The molecule has 0 unspecified atom stereocenters.